The average molecular weight is 358 g/mol. The van der Waals surface area contributed by atoms with E-state index in [1.807, 2.05) is 32.2 Å². The first-order valence-electron chi connectivity index (χ1n) is 8.08. The monoisotopic (exact) mass is 358 g/mol. The van der Waals surface area contributed by atoms with Crippen molar-refractivity contribution in [3.63, 3.8) is 0 Å². The molecule has 0 saturated heterocycles. The van der Waals surface area contributed by atoms with Gasteiger partial charge in [-0.1, -0.05) is 24.3 Å². The molecule has 0 amide bonds. The van der Waals surface area contributed by atoms with Crippen molar-refractivity contribution in [1.29, 1.82) is 0 Å². The molecule has 25 heavy (non-hydrogen) atoms. The molecular weight excluding hydrogens is 340 g/mol. The van der Waals surface area contributed by atoms with Crippen LogP contribution in [0.2, 0.25) is 0 Å². The van der Waals surface area contributed by atoms with Gasteiger partial charge < -0.3 is 9.47 Å². The van der Waals surface area contributed by atoms with Crippen molar-refractivity contribution < 1.29 is 9.47 Å². The van der Waals surface area contributed by atoms with Gasteiger partial charge in [0.15, 0.2) is 11.5 Å². The van der Waals surface area contributed by atoms with Crippen LogP contribution >= 0.6 is 11.3 Å². The van der Waals surface area contributed by atoms with E-state index in [2.05, 4.69) is 15.0 Å². The maximum absolute atomic E-state index is 12.2. The fourth-order valence-corrected chi connectivity index (χ4v) is 3.66. The summed E-state index contributed by atoms with van der Waals surface area (Å²) in [5.74, 6) is 1.56. The zero-order valence-electron chi connectivity index (χ0n) is 14.1. The van der Waals surface area contributed by atoms with E-state index in [4.69, 9.17) is 9.47 Å². The Bertz CT molecular complexity index is 982. The SMILES string of the molecule is CCc1nn2c(=O)cc(CN(C)Cc3ccc4c(c3)OCO4)nc2s1. The molecule has 1 aromatic carbocycles. The van der Waals surface area contributed by atoms with Crippen LogP contribution in [-0.4, -0.2) is 33.3 Å². The molecule has 1 aliphatic rings. The Morgan fingerprint density at radius 1 is 1.24 bits per heavy atom. The number of fused-ring (bicyclic) bond motifs is 2. The predicted octanol–water partition coefficient (Wildman–Crippen LogP) is 2.07. The normalized spacial score (nSPS) is 13.1. The summed E-state index contributed by atoms with van der Waals surface area (Å²) in [7, 11) is 2.00. The molecule has 2 aromatic heterocycles. The summed E-state index contributed by atoms with van der Waals surface area (Å²) in [4.78, 5) is 19.5. The van der Waals surface area contributed by atoms with Crippen LogP contribution in [0.3, 0.4) is 0 Å². The summed E-state index contributed by atoms with van der Waals surface area (Å²) >= 11 is 1.46. The van der Waals surface area contributed by atoms with Crippen molar-refractivity contribution in [3.8, 4) is 11.5 Å². The number of nitrogens with zero attached hydrogens (tertiary/aromatic N) is 4. The smallest absolute Gasteiger partial charge is 0.275 e. The number of aromatic nitrogens is 3. The minimum Gasteiger partial charge on any atom is -0.454 e. The molecule has 0 saturated carbocycles. The van der Waals surface area contributed by atoms with Gasteiger partial charge in [0.25, 0.3) is 5.56 Å². The largest absolute Gasteiger partial charge is 0.454 e. The summed E-state index contributed by atoms with van der Waals surface area (Å²) in [5, 5.41) is 5.19. The first-order chi connectivity index (χ1) is 12.1. The van der Waals surface area contributed by atoms with E-state index in [0.29, 0.717) is 11.5 Å². The van der Waals surface area contributed by atoms with Crippen LogP contribution in [-0.2, 0) is 19.5 Å². The van der Waals surface area contributed by atoms with Crippen LogP contribution < -0.4 is 15.0 Å². The van der Waals surface area contributed by atoms with Crippen molar-refractivity contribution in [2.45, 2.75) is 26.4 Å². The van der Waals surface area contributed by atoms with Crippen LogP contribution in [0.15, 0.2) is 29.1 Å². The predicted molar refractivity (Wildman–Crippen MR) is 94.2 cm³/mol. The Morgan fingerprint density at radius 3 is 2.92 bits per heavy atom. The molecule has 0 unspecified atom stereocenters. The number of hydrogen-bond donors (Lipinski definition) is 0. The van der Waals surface area contributed by atoms with E-state index in [9.17, 15) is 4.79 Å². The maximum atomic E-state index is 12.2. The molecular formula is C17H18N4O3S. The molecule has 0 aliphatic carbocycles. The molecule has 0 radical (unpaired) electrons. The number of aryl methyl sites for hydroxylation is 1. The van der Waals surface area contributed by atoms with Gasteiger partial charge in [-0.3, -0.25) is 9.69 Å². The average Bonchev–Trinajstić information content (AvgIpc) is 3.20. The van der Waals surface area contributed by atoms with E-state index >= 15 is 0 Å². The molecule has 130 valence electrons. The second-order valence-corrected chi connectivity index (χ2v) is 7.03. The minimum absolute atomic E-state index is 0.132. The first kappa shape index (κ1) is 16.0. The molecule has 4 rings (SSSR count). The topological polar surface area (TPSA) is 69.0 Å². The molecule has 8 heteroatoms. The molecule has 3 aromatic rings. The highest BCUT2D eigenvalue weighted by Crippen LogP contribution is 2.32. The number of hydrogen-bond acceptors (Lipinski definition) is 7. The van der Waals surface area contributed by atoms with E-state index in [-0.39, 0.29) is 12.4 Å². The Hall–Kier alpha value is -2.45. The first-order valence-corrected chi connectivity index (χ1v) is 8.90. The second-order valence-electron chi connectivity index (χ2n) is 5.99. The van der Waals surface area contributed by atoms with Gasteiger partial charge in [0.2, 0.25) is 11.8 Å². The summed E-state index contributed by atoms with van der Waals surface area (Å²) in [5.41, 5.74) is 1.74. The van der Waals surface area contributed by atoms with Crippen LogP contribution in [0.1, 0.15) is 23.2 Å². The Kier molecular flexibility index (Phi) is 4.14. The standard InChI is InChI=1S/C17H18N4O3S/c1-3-15-19-21-16(22)7-12(18-17(21)25-15)9-20(2)8-11-4-5-13-14(6-11)24-10-23-13/h4-7H,3,8-10H2,1-2H3. The lowest BCUT2D eigenvalue weighted by molar-refractivity contribution is 0.174. The Morgan fingerprint density at radius 2 is 2.08 bits per heavy atom. The highest BCUT2D eigenvalue weighted by atomic mass is 32.1. The third-order valence-corrected chi connectivity index (χ3v) is 5.02. The fourth-order valence-electron chi connectivity index (χ4n) is 2.80. The highest BCUT2D eigenvalue weighted by Gasteiger charge is 2.14. The molecule has 0 spiro atoms. The lowest BCUT2D eigenvalue weighted by Crippen LogP contribution is -2.21. The van der Waals surface area contributed by atoms with Crippen molar-refractivity contribution in [3.05, 3.63) is 50.9 Å². The molecule has 7 nitrogen and oxygen atoms in total. The van der Waals surface area contributed by atoms with Crippen LogP contribution in [0, 0.1) is 0 Å². The molecule has 0 N–H and O–H groups in total. The lowest BCUT2D eigenvalue weighted by atomic mass is 10.2. The lowest BCUT2D eigenvalue weighted by Gasteiger charge is -2.16. The zero-order chi connectivity index (χ0) is 17.4. The van der Waals surface area contributed by atoms with Gasteiger partial charge >= 0.3 is 0 Å². The minimum atomic E-state index is -0.132. The molecule has 0 atom stereocenters. The highest BCUT2D eigenvalue weighted by molar-refractivity contribution is 7.16. The van der Waals surface area contributed by atoms with Gasteiger partial charge in [-0.2, -0.15) is 9.61 Å². The summed E-state index contributed by atoms with van der Waals surface area (Å²) in [6.07, 6.45) is 0.798. The van der Waals surface area contributed by atoms with Gasteiger partial charge in [-0.25, -0.2) is 4.98 Å². The summed E-state index contributed by atoms with van der Waals surface area (Å²) in [6, 6.07) is 7.49. The van der Waals surface area contributed by atoms with Gasteiger partial charge in [0.05, 0.1) is 5.69 Å². The van der Waals surface area contributed by atoms with Crippen LogP contribution in [0.5, 0.6) is 11.5 Å². The zero-order valence-corrected chi connectivity index (χ0v) is 14.9. The number of rotatable bonds is 5. The fraction of sp³-hybridized carbons (Fsp3) is 0.353. The van der Waals surface area contributed by atoms with Crippen molar-refractivity contribution in [2.75, 3.05) is 13.8 Å². The third kappa shape index (κ3) is 3.22. The van der Waals surface area contributed by atoms with Gasteiger partial charge in [-0.05, 0) is 31.2 Å². The van der Waals surface area contributed by atoms with Crippen molar-refractivity contribution in [2.24, 2.45) is 0 Å². The summed E-state index contributed by atoms with van der Waals surface area (Å²) in [6.45, 7) is 3.60. The molecule has 3 heterocycles. The van der Waals surface area contributed by atoms with E-state index < -0.39 is 0 Å². The van der Waals surface area contributed by atoms with Gasteiger partial charge in [-0.15, -0.1) is 0 Å². The second kappa shape index (κ2) is 6.45. The Balaban J connectivity index is 1.51. The van der Waals surface area contributed by atoms with Crippen molar-refractivity contribution >= 4 is 16.3 Å². The van der Waals surface area contributed by atoms with E-state index in [0.717, 1.165) is 40.7 Å². The molecule has 0 bridgehead atoms. The van der Waals surface area contributed by atoms with Crippen LogP contribution in [0.4, 0.5) is 0 Å². The van der Waals surface area contributed by atoms with Crippen LogP contribution in [0.25, 0.3) is 4.96 Å². The Labute approximate surface area is 148 Å². The summed E-state index contributed by atoms with van der Waals surface area (Å²) < 4.78 is 12.1. The number of ether oxygens (including phenoxy) is 2. The van der Waals surface area contributed by atoms with Gasteiger partial charge in [0.1, 0.15) is 5.01 Å². The van der Waals surface area contributed by atoms with Gasteiger partial charge in [0, 0.05) is 19.2 Å². The van der Waals surface area contributed by atoms with E-state index in [1.54, 1.807) is 6.07 Å². The van der Waals surface area contributed by atoms with E-state index in [1.165, 1.54) is 15.9 Å². The maximum Gasteiger partial charge on any atom is 0.275 e. The third-order valence-electron chi connectivity index (χ3n) is 3.96. The molecule has 1 aliphatic heterocycles. The molecule has 0 fully saturated rings. The number of benzene rings is 1. The van der Waals surface area contributed by atoms with Crippen molar-refractivity contribution in [1.82, 2.24) is 19.5 Å². The quantitative estimate of drug-likeness (QED) is 0.695.